The number of nitrogens with one attached hydrogen (secondary N) is 1. The minimum absolute atomic E-state index is 0.0589. The number of anilines is 1. The number of carbonyl (C=O) groups is 2. The molecular formula is C23H23N3O4S. The van der Waals surface area contributed by atoms with Crippen molar-refractivity contribution < 1.29 is 14.3 Å². The van der Waals surface area contributed by atoms with Crippen molar-refractivity contribution in [3.63, 3.8) is 0 Å². The number of fused-ring (bicyclic) bond motifs is 4. The van der Waals surface area contributed by atoms with Crippen LogP contribution in [0, 0.1) is 0 Å². The van der Waals surface area contributed by atoms with Crippen LogP contribution in [0.2, 0.25) is 0 Å². The van der Waals surface area contributed by atoms with Crippen LogP contribution in [-0.2, 0) is 40.0 Å². The fourth-order valence-electron chi connectivity index (χ4n) is 4.44. The van der Waals surface area contributed by atoms with Crippen LogP contribution >= 0.6 is 11.3 Å². The molecule has 0 bridgehead atoms. The lowest BCUT2D eigenvalue weighted by Gasteiger charge is -2.17. The van der Waals surface area contributed by atoms with E-state index in [1.165, 1.54) is 4.88 Å². The Kier molecular flexibility index (Phi) is 5.31. The van der Waals surface area contributed by atoms with E-state index in [0.29, 0.717) is 17.8 Å². The van der Waals surface area contributed by atoms with Gasteiger partial charge in [-0.1, -0.05) is 18.2 Å². The number of aryl methyl sites for hydroxylation is 3. The Morgan fingerprint density at radius 3 is 2.90 bits per heavy atom. The van der Waals surface area contributed by atoms with E-state index in [2.05, 4.69) is 9.97 Å². The molecule has 0 saturated carbocycles. The number of rotatable bonds is 5. The topological polar surface area (TPSA) is 92.4 Å². The van der Waals surface area contributed by atoms with Crippen LogP contribution in [0.3, 0.4) is 0 Å². The number of ether oxygens (including phenoxy) is 1. The van der Waals surface area contributed by atoms with Crippen LogP contribution < -0.4 is 10.5 Å². The maximum atomic E-state index is 12.6. The molecule has 3 aromatic rings. The van der Waals surface area contributed by atoms with Gasteiger partial charge >= 0.3 is 5.97 Å². The number of aromatic amines is 1. The number of amides is 1. The fraction of sp³-hybridized carbons (Fsp3) is 0.391. The molecule has 160 valence electrons. The number of hydrogen-bond donors (Lipinski definition) is 1. The lowest BCUT2D eigenvalue weighted by molar-refractivity contribution is -0.147. The minimum Gasteiger partial charge on any atom is -0.456 e. The molecule has 0 fully saturated rings. The third-order valence-electron chi connectivity index (χ3n) is 5.98. The highest BCUT2D eigenvalue weighted by atomic mass is 32.1. The highest BCUT2D eigenvalue weighted by Crippen LogP contribution is 2.33. The van der Waals surface area contributed by atoms with E-state index >= 15 is 0 Å². The molecule has 0 atom stereocenters. The van der Waals surface area contributed by atoms with E-state index in [1.54, 1.807) is 16.2 Å². The van der Waals surface area contributed by atoms with E-state index in [0.717, 1.165) is 53.7 Å². The largest absolute Gasteiger partial charge is 0.456 e. The fourth-order valence-corrected chi connectivity index (χ4v) is 5.72. The molecule has 1 amide bonds. The van der Waals surface area contributed by atoms with Crippen molar-refractivity contribution in [2.45, 2.75) is 44.9 Å². The first kappa shape index (κ1) is 19.9. The Morgan fingerprint density at radius 2 is 2.00 bits per heavy atom. The van der Waals surface area contributed by atoms with Gasteiger partial charge in [-0.15, -0.1) is 11.3 Å². The molecule has 1 aliphatic heterocycles. The lowest BCUT2D eigenvalue weighted by Crippen LogP contribution is -2.33. The van der Waals surface area contributed by atoms with Gasteiger partial charge in [-0.25, -0.2) is 4.98 Å². The van der Waals surface area contributed by atoms with E-state index in [9.17, 15) is 14.4 Å². The Morgan fingerprint density at radius 1 is 1.16 bits per heavy atom. The standard InChI is InChI=1S/C23H23N3O4S/c27-19(26-12-11-14-5-1-3-7-16(14)26)13-30-20(28)10-9-18-24-22(29)21-15-6-2-4-8-17(15)31-23(21)25-18/h1,3,5,7H,2,4,6,8-13H2,(H,24,25,29). The first-order valence-electron chi connectivity index (χ1n) is 10.7. The van der Waals surface area contributed by atoms with E-state index in [4.69, 9.17) is 4.74 Å². The summed E-state index contributed by atoms with van der Waals surface area (Å²) in [6, 6.07) is 7.75. The number of benzene rings is 1. The molecule has 3 heterocycles. The van der Waals surface area contributed by atoms with Crippen LogP contribution in [0.4, 0.5) is 5.69 Å². The summed E-state index contributed by atoms with van der Waals surface area (Å²) in [4.78, 5) is 48.3. The Hall–Kier alpha value is -3.00. The summed E-state index contributed by atoms with van der Waals surface area (Å²) >= 11 is 1.59. The smallest absolute Gasteiger partial charge is 0.306 e. The number of carbonyl (C=O) groups excluding carboxylic acids is 2. The molecule has 0 unspecified atom stereocenters. The zero-order valence-corrected chi connectivity index (χ0v) is 17.9. The molecule has 1 aromatic carbocycles. The molecule has 1 aliphatic carbocycles. The number of hydrogen-bond acceptors (Lipinski definition) is 6. The van der Waals surface area contributed by atoms with Gasteiger partial charge in [-0.3, -0.25) is 14.4 Å². The highest BCUT2D eigenvalue weighted by molar-refractivity contribution is 7.18. The van der Waals surface area contributed by atoms with Gasteiger partial charge < -0.3 is 14.6 Å². The van der Waals surface area contributed by atoms with Crippen molar-refractivity contribution >= 4 is 39.1 Å². The maximum absolute atomic E-state index is 12.6. The van der Waals surface area contributed by atoms with Gasteiger partial charge in [-0.05, 0) is 49.3 Å². The minimum atomic E-state index is -0.478. The molecule has 0 radical (unpaired) electrons. The van der Waals surface area contributed by atoms with Gasteiger partial charge in [0.2, 0.25) is 0 Å². The summed E-state index contributed by atoms with van der Waals surface area (Å²) in [6.45, 7) is 0.319. The van der Waals surface area contributed by atoms with Crippen molar-refractivity contribution in [1.82, 2.24) is 9.97 Å². The van der Waals surface area contributed by atoms with E-state index in [1.807, 2.05) is 24.3 Å². The molecule has 2 aliphatic rings. The van der Waals surface area contributed by atoms with Crippen molar-refractivity contribution in [1.29, 1.82) is 0 Å². The highest BCUT2D eigenvalue weighted by Gasteiger charge is 2.25. The second-order valence-electron chi connectivity index (χ2n) is 7.99. The summed E-state index contributed by atoms with van der Waals surface area (Å²) in [5, 5.41) is 0.711. The van der Waals surface area contributed by atoms with Crippen LogP contribution in [0.1, 0.15) is 41.1 Å². The first-order valence-corrected chi connectivity index (χ1v) is 11.5. The summed E-state index contributed by atoms with van der Waals surface area (Å²) < 4.78 is 5.19. The van der Waals surface area contributed by atoms with Crippen molar-refractivity contribution in [2.75, 3.05) is 18.1 Å². The van der Waals surface area contributed by atoms with Crippen molar-refractivity contribution in [2.24, 2.45) is 0 Å². The maximum Gasteiger partial charge on any atom is 0.306 e. The number of nitrogens with zero attached hydrogens (tertiary/aromatic N) is 2. The average molecular weight is 438 g/mol. The average Bonchev–Trinajstić information content (AvgIpc) is 3.37. The molecule has 8 heteroatoms. The van der Waals surface area contributed by atoms with Gasteiger partial charge in [0.1, 0.15) is 10.7 Å². The third kappa shape index (κ3) is 3.87. The predicted molar refractivity (Wildman–Crippen MR) is 119 cm³/mol. The third-order valence-corrected chi connectivity index (χ3v) is 7.17. The second-order valence-corrected chi connectivity index (χ2v) is 9.07. The van der Waals surface area contributed by atoms with Gasteiger partial charge in [0.15, 0.2) is 6.61 Å². The summed E-state index contributed by atoms with van der Waals surface area (Å²) in [7, 11) is 0. The van der Waals surface area contributed by atoms with Gasteiger partial charge in [0.25, 0.3) is 11.5 Å². The number of esters is 1. The van der Waals surface area contributed by atoms with Crippen LogP contribution in [-0.4, -0.2) is 35.0 Å². The molecule has 31 heavy (non-hydrogen) atoms. The van der Waals surface area contributed by atoms with Crippen LogP contribution in [0.25, 0.3) is 10.2 Å². The summed E-state index contributed by atoms with van der Waals surface area (Å²) in [6.07, 6.45) is 5.33. The molecule has 5 rings (SSSR count). The quantitative estimate of drug-likeness (QED) is 0.620. The van der Waals surface area contributed by atoms with E-state index in [-0.39, 0.29) is 30.9 Å². The van der Waals surface area contributed by atoms with Crippen molar-refractivity contribution in [3.8, 4) is 0 Å². The number of H-pyrrole nitrogens is 1. The summed E-state index contributed by atoms with van der Waals surface area (Å²) in [5.74, 6) is -0.225. The van der Waals surface area contributed by atoms with Crippen LogP contribution in [0.15, 0.2) is 29.1 Å². The van der Waals surface area contributed by atoms with Gasteiger partial charge in [0.05, 0.1) is 11.8 Å². The number of para-hydroxylation sites is 1. The lowest BCUT2D eigenvalue weighted by atomic mass is 9.97. The molecule has 0 saturated heterocycles. The monoisotopic (exact) mass is 437 g/mol. The normalized spacial score (nSPS) is 15.0. The van der Waals surface area contributed by atoms with Gasteiger partial charge in [-0.2, -0.15) is 0 Å². The number of thiophene rings is 1. The molecular weight excluding hydrogens is 414 g/mol. The Labute approximate surface area is 183 Å². The molecule has 1 N–H and O–H groups in total. The predicted octanol–water partition coefficient (Wildman–Crippen LogP) is 2.93. The molecule has 2 aromatic heterocycles. The zero-order chi connectivity index (χ0) is 21.4. The van der Waals surface area contributed by atoms with Gasteiger partial charge in [0, 0.05) is 23.5 Å². The SMILES string of the molecule is O=C(CCc1nc2sc3c(c2c(=O)[nH]1)CCCC3)OCC(=O)N1CCc2ccccc21. The first-order chi connectivity index (χ1) is 15.1. The Bertz CT molecular complexity index is 1230. The number of aromatic nitrogens is 2. The van der Waals surface area contributed by atoms with Crippen molar-refractivity contribution in [3.05, 3.63) is 56.4 Å². The summed E-state index contributed by atoms with van der Waals surface area (Å²) in [5.41, 5.74) is 3.03. The molecule has 0 spiro atoms. The van der Waals surface area contributed by atoms with Crippen LogP contribution in [0.5, 0.6) is 0 Å². The Balaban J connectivity index is 1.19. The van der Waals surface area contributed by atoms with E-state index < -0.39 is 5.97 Å². The second kappa shape index (κ2) is 8.26. The molecule has 7 nitrogen and oxygen atoms in total. The zero-order valence-electron chi connectivity index (χ0n) is 17.1.